The summed E-state index contributed by atoms with van der Waals surface area (Å²) in [5.41, 5.74) is 0. The molecule has 16 heavy (non-hydrogen) atoms. The minimum atomic E-state index is -0.637. The Morgan fingerprint density at radius 2 is 2.19 bits per heavy atom. The average molecular weight is 225 g/mol. The largest absolute Gasteiger partial charge is 0.481 e. The lowest BCUT2D eigenvalue weighted by Crippen LogP contribution is -2.24. The smallest absolute Gasteiger partial charge is 0.308 e. The fourth-order valence-electron chi connectivity index (χ4n) is 2.37. The highest BCUT2D eigenvalue weighted by atomic mass is 16.4. The van der Waals surface area contributed by atoms with E-state index in [4.69, 9.17) is 5.11 Å². The van der Waals surface area contributed by atoms with E-state index in [0.717, 1.165) is 26.1 Å². The molecule has 0 amide bonds. The summed E-state index contributed by atoms with van der Waals surface area (Å²) >= 11 is 0. The Kier molecular flexibility index (Phi) is 5.53. The van der Waals surface area contributed by atoms with Gasteiger partial charge in [0.1, 0.15) is 0 Å². The first-order valence-electron chi connectivity index (χ1n) is 6.21. The Bertz CT molecular complexity index is 240. The van der Waals surface area contributed by atoms with Gasteiger partial charge < -0.3 is 10.0 Å². The van der Waals surface area contributed by atoms with Gasteiger partial charge in [-0.3, -0.25) is 4.79 Å². The Balaban J connectivity index is 2.15. The van der Waals surface area contributed by atoms with Gasteiger partial charge in [0.2, 0.25) is 0 Å². The van der Waals surface area contributed by atoms with E-state index >= 15 is 0 Å². The molecule has 0 aromatic rings. The lowest BCUT2D eigenvalue weighted by molar-refractivity contribution is -0.142. The third kappa shape index (κ3) is 3.97. The lowest BCUT2D eigenvalue weighted by atomic mass is 9.99. The van der Waals surface area contributed by atoms with Gasteiger partial charge in [0, 0.05) is 13.1 Å². The summed E-state index contributed by atoms with van der Waals surface area (Å²) in [6.07, 6.45) is 6.64. The van der Waals surface area contributed by atoms with Gasteiger partial charge in [-0.15, -0.1) is 6.58 Å². The minimum Gasteiger partial charge on any atom is -0.481 e. The van der Waals surface area contributed by atoms with E-state index in [0.29, 0.717) is 5.92 Å². The highest BCUT2D eigenvalue weighted by Crippen LogP contribution is 2.23. The quantitative estimate of drug-likeness (QED) is 0.534. The summed E-state index contributed by atoms with van der Waals surface area (Å²) in [5, 5.41) is 9.01. The van der Waals surface area contributed by atoms with E-state index in [1.807, 2.05) is 13.0 Å². The van der Waals surface area contributed by atoms with Gasteiger partial charge in [-0.1, -0.05) is 19.4 Å². The molecule has 1 heterocycles. The van der Waals surface area contributed by atoms with Crippen LogP contribution in [-0.2, 0) is 4.79 Å². The molecule has 1 N–H and O–H groups in total. The number of carbonyl (C=O) groups is 1. The maximum absolute atomic E-state index is 10.9. The monoisotopic (exact) mass is 225 g/mol. The number of rotatable bonds is 7. The first-order chi connectivity index (χ1) is 7.65. The highest BCUT2D eigenvalue weighted by Gasteiger charge is 2.33. The number of hydrogen-bond acceptors (Lipinski definition) is 2. The fourth-order valence-corrected chi connectivity index (χ4v) is 2.37. The second-order valence-corrected chi connectivity index (χ2v) is 4.82. The van der Waals surface area contributed by atoms with Crippen molar-refractivity contribution in [2.75, 3.05) is 19.6 Å². The van der Waals surface area contributed by atoms with Crippen LogP contribution in [0, 0.1) is 11.8 Å². The molecule has 3 heteroatoms. The van der Waals surface area contributed by atoms with Crippen LogP contribution >= 0.6 is 0 Å². The molecule has 1 saturated heterocycles. The van der Waals surface area contributed by atoms with Gasteiger partial charge >= 0.3 is 5.97 Å². The lowest BCUT2D eigenvalue weighted by Gasteiger charge is -2.14. The second-order valence-electron chi connectivity index (χ2n) is 4.82. The van der Waals surface area contributed by atoms with Gasteiger partial charge in [0.05, 0.1) is 5.92 Å². The number of carboxylic acids is 1. The van der Waals surface area contributed by atoms with Crippen molar-refractivity contribution >= 4 is 5.97 Å². The molecule has 0 aromatic carbocycles. The van der Waals surface area contributed by atoms with E-state index in [-0.39, 0.29) is 5.92 Å². The first-order valence-corrected chi connectivity index (χ1v) is 6.21. The van der Waals surface area contributed by atoms with E-state index in [9.17, 15) is 4.79 Å². The Hall–Kier alpha value is -0.830. The van der Waals surface area contributed by atoms with Gasteiger partial charge in [-0.2, -0.15) is 0 Å². The van der Waals surface area contributed by atoms with Gasteiger partial charge in [-0.05, 0) is 31.7 Å². The van der Waals surface area contributed by atoms with Crippen molar-refractivity contribution < 1.29 is 9.90 Å². The van der Waals surface area contributed by atoms with Crippen molar-refractivity contribution in [1.29, 1.82) is 0 Å². The molecule has 0 aromatic heterocycles. The van der Waals surface area contributed by atoms with Crippen LogP contribution in [0.15, 0.2) is 12.7 Å². The molecule has 0 spiro atoms. The highest BCUT2D eigenvalue weighted by molar-refractivity contribution is 5.71. The summed E-state index contributed by atoms with van der Waals surface area (Å²) in [7, 11) is 0. The van der Waals surface area contributed by atoms with Crippen molar-refractivity contribution in [2.24, 2.45) is 11.8 Å². The predicted octanol–water partition coefficient (Wildman–Crippen LogP) is 2.39. The van der Waals surface area contributed by atoms with E-state index in [2.05, 4.69) is 11.5 Å². The summed E-state index contributed by atoms with van der Waals surface area (Å²) in [4.78, 5) is 13.2. The summed E-state index contributed by atoms with van der Waals surface area (Å²) in [6, 6.07) is 0. The van der Waals surface area contributed by atoms with Crippen molar-refractivity contribution in [2.45, 2.75) is 32.6 Å². The van der Waals surface area contributed by atoms with Crippen LogP contribution in [0.3, 0.4) is 0 Å². The summed E-state index contributed by atoms with van der Waals surface area (Å²) in [5.74, 6) is -0.500. The summed E-state index contributed by atoms with van der Waals surface area (Å²) < 4.78 is 0. The number of nitrogens with zero attached hydrogens (tertiary/aromatic N) is 1. The van der Waals surface area contributed by atoms with Crippen molar-refractivity contribution in [3.63, 3.8) is 0 Å². The molecule has 0 aliphatic carbocycles. The van der Waals surface area contributed by atoms with Crippen molar-refractivity contribution in [1.82, 2.24) is 4.90 Å². The molecule has 1 aliphatic rings. The minimum absolute atomic E-state index is 0.159. The standard InChI is InChI=1S/C13H23NO2/c1-3-4-5-6-7-8-14-9-11(2)12(10-14)13(15)16/h3,11-12H,1,4-10H2,2H3,(H,15,16)/t11-,12-/m1/s1. The number of unbranched alkanes of at least 4 members (excludes halogenated alkanes) is 3. The average Bonchev–Trinajstić information content (AvgIpc) is 2.59. The molecule has 0 unspecified atom stereocenters. The van der Waals surface area contributed by atoms with Crippen LogP contribution in [0.5, 0.6) is 0 Å². The molecule has 92 valence electrons. The number of hydrogen-bond donors (Lipinski definition) is 1. The molecular weight excluding hydrogens is 202 g/mol. The zero-order chi connectivity index (χ0) is 12.0. The van der Waals surface area contributed by atoms with Crippen LogP contribution in [0.25, 0.3) is 0 Å². The van der Waals surface area contributed by atoms with Crippen molar-refractivity contribution in [3.05, 3.63) is 12.7 Å². The summed E-state index contributed by atoms with van der Waals surface area (Å²) in [6.45, 7) is 8.46. The molecule has 1 aliphatic heterocycles. The van der Waals surface area contributed by atoms with Crippen LogP contribution in [-0.4, -0.2) is 35.6 Å². The maximum atomic E-state index is 10.9. The van der Waals surface area contributed by atoms with E-state index < -0.39 is 5.97 Å². The molecule has 3 nitrogen and oxygen atoms in total. The first kappa shape index (κ1) is 13.2. The van der Waals surface area contributed by atoms with E-state index in [1.165, 1.54) is 19.3 Å². The predicted molar refractivity (Wildman–Crippen MR) is 65.4 cm³/mol. The Morgan fingerprint density at radius 3 is 2.75 bits per heavy atom. The fraction of sp³-hybridized carbons (Fsp3) is 0.769. The third-order valence-electron chi connectivity index (χ3n) is 3.39. The molecule has 0 radical (unpaired) electrons. The zero-order valence-electron chi connectivity index (χ0n) is 10.2. The van der Waals surface area contributed by atoms with Gasteiger partial charge in [-0.25, -0.2) is 0 Å². The van der Waals surface area contributed by atoms with Crippen LogP contribution in [0.1, 0.15) is 32.6 Å². The molecule has 0 bridgehead atoms. The van der Waals surface area contributed by atoms with Crippen molar-refractivity contribution in [3.8, 4) is 0 Å². The normalized spacial score (nSPS) is 25.8. The van der Waals surface area contributed by atoms with Gasteiger partial charge in [0.25, 0.3) is 0 Å². The molecule has 2 atom stereocenters. The Labute approximate surface area is 98.1 Å². The van der Waals surface area contributed by atoms with Crippen LogP contribution in [0.4, 0.5) is 0 Å². The number of aliphatic carboxylic acids is 1. The number of allylic oxidation sites excluding steroid dienone is 1. The zero-order valence-corrected chi connectivity index (χ0v) is 10.2. The molecular formula is C13H23NO2. The Morgan fingerprint density at radius 1 is 1.44 bits per heavy atom. The topological polar surface area (TPSA) is 40.5 Å². The molecule has 1 rings (SSSR count). The van der Waals surface area contributed by atoms with E-state index in [1.54, 1.807) is 0 Å². The molecule has 1 fully saturated rings. The van der Waals surface area contributed by atoms with Crippen LogP contribution < -0.4 is 0 Å². The molecule has 0 saturated carbocycles. The number of carboxylic acid groups (broad SMARTS) is 1. The third-order valence-corrected chi connectivity index (χ3v) is 3.39. The SMILES string of the molecule is C=CCCCCCN1C[C@@H](C)[C@H](C(=O)O)C1. The maximum Gasteiger partial charge on any atom is 0.308 e. The van der Waals surface area contributed by atoms with Gasteiger partial charge in [0.15, 0.2) is 0 Å². The van der Waals surface area contributed by atoms with Crippen LogP contribution in [0.2, 0.25) is 0 Å². The second kappa shape index (κ2) is 6.69. The number of likely N-dealkylation sites (tertiary alicyclic amines) is 1.